The van der Waals surface area contributed by atoms with Gasteiger partial charge in [0.05, 0.1) is 28.7 Å². The highest BCUT2D eigenvalue weighted by Crippen LogP contribution is 2.20. The first kappa shape index (κ1) is 17.2. The summed E-state index contributed by atoms with van der Waals surface area (Å²) in [6.07, 6.45) is 3.14. The second-order valence-corrected chi connectivity index (χ2v) is 5.91. The number of carbonyl (C=O) groups is 1. The minimum Gasteiger partial charge on any atom is -0.353 e. The molecule has 0 unspecified atom stereocenters. The van der Waals surface area contributed by atoms with Crippen molar-refractivity contribution in [3.05, 3.63) is 89.2 Å². The maximum absolute atomic E-state index is 12.4. The number of para-hydroxylation sites is 1. The van der Waals surface area contributed by atoms with Gasteiger partial charge in [0.15, 0.2) is 0 Å². The van der Waals surface area contributed by atoms with Gasteiger partial charge in [-0.05, 0) is 30.7 Å². The number of benzene rings is 2. The van der Waals surface area contributed by atoms with E-state index in [2.05, 4.69) is 21.7 Å². The Kier molecular flexibility index (Phi) is 5.25. The molecule has 3 aromatic rings. The number of nitrogens with zero attached hydrogens (tertiary/aromatic N) is 2. The fraction of sp³-hybridized carbons (Fsp3) is 0.0952. The Morgan fingerprint density at radius 3 is 2.65 bits per heavy atom. The lowest BCUT2D eigenvalue weighted by atomic mass is 10.1. The van der Waals surface area contributed by atoms with Crippen molar-refractivity contribution in [1.82, 2.24) is 10.3 Å². The Balaban J connectivity index is 1.69. The molecule has 0 radical (unpaired) electrons. The third-order valence-corrected chi connectivity index (χ3v) is 3.90. The van der Waals surface area contributed by atoms with Gasteiger partial charge < -0.3 is 10.6 Å². The molecule has 5 heteroatoms. The Morgan fingerprint density at radius 2 is 1.88 bits per heavy atom. The number of amides is 1. The van der Waals surface area contributed by atoms with Gasteiger partial charge in [0.25, 0.3) is 5.91 Å². The van der Waals surface area contributed by atoms with Gasteiger partial charge in [0.1, 0.15) is 6.07 Å². The highest BCUT2D eigenvalue weighted by molar-refractivity contribution is 5.94. The zero-order valence-electron chi connectivity index (χ0n) is 14.4. The van der Waals surface area contributed by atoms with Crippen LogP contribution >= 0.6 is 0 Å². The molecule has 1 amide bonds. The van der Waals surface area contributed by atoms with Crippen LogP contribution in [-0.2, 0) is 6.54 Å². The van der Waals surface area contributed by atoms with Crippen LogP contribution in [-0.4, -0.2) is 10.9 Å². The second-order valence-electron chi connectivity index (χ2n) is 5.91. The third kappa shape index (κ3) is 4.25. The van der Waals surface area contributed by atoms with Crippen molar-refractivity contribution in [2.75, 3.05) is 5.32 Å². The van der Waals surface area contributed by atoms with Gasteiger partial charge in [-0.25, -0.2) is 0 Å². The number of hydrogen-bond donors (Lipinski definition) is 2. The average Bonchev–Trinajstić information content (AvgIpc) is 2.68. The van der Waals surface area contributed by atoms with E-state index in [0.29, 0.717) is 29.0 Å². The van der Waals surface area contributed by atoms with E-state index in [1.807, 2.05) is 43.3 Å². The summed E-state index contributed by atoms with van der Waals surface area (Å²) in [6.45, 7) is 2.48. The molecule has 0 bridgehead atoms. The highest BCUT2D eigenvalue weighted by Gasteiger charge is 2.08. The van der Waals surface area contributed by atoms with E-state index in [1.165, 1.54) is 11.8 Å². The van der Waals surface area contributed by atoms with E-state index < -0.39 is 0 Å². The van der Waals surface area contributed by atoms with Gasteiger partial charge in [-0.2, -0.15) is 5.26 Å². The highest BCUT2D eigenvalue weighted by atomic mass is 16.1. The molecule has 128 valence electrons. The van der Waals surface area contributed by atoms with Crippen molar-refractivity contribution in [1.29, 1.82) is 5.26 Å². The SMILES string of the molecule is Cc1ccc(CNC(=O)c2cncc(Nc3ccccc3C#N)c2)cc1. The Labute approximate surface area is 152 Å². The monoisotopic (exact) mass is 342 g/mol. The largest absolute Gasteiger partial charge is 0.353 e. The number of nitrogens with one attached hydrogen (secondary N) is 2. The number of nitriles is 1. The van der Waals surface area contributed by atoms with E-state index in [0.717, 1.165) is 5.56 Å². The first-order valence-corrected chi connectivity index (χ1v) is 8.20. The van der Waals surface area contributed by atoms with Crippen molar-refractivity contribution >= 4 is 17.3 Å². The normalized spacial score (nSPS) is 10.0. The fourth-order valence-corrected chi connectivity index (χ4v) is 2.47. The molecular formula is C21H18N4O. The molecule has 0 saturated carbocycles. The molecule has 0 aliphatic carbocycles. The second kappa shape index (κ2) is 7.95. The molecule has 0 spiro atoms. The fourth-order valence-electron chi connectivity index (χ4n) is 2.47. The molecule has 0 aliphatic heterocycles. The summed E-state index contributed by atoms with van der Waals surface area (Å²) in [7, 11) is 0. The van der Waals surface area contributed by atoms with Crippen LogP contribution in [0.2, 0.25) is 0 Å². The van der Waals surface area contributed by atoms with Gasteiger partial charge in [-0.1, -0.05) is 42.0 Å². The molecule has 0 saturated heterocycles. The Morgan fingerprint density at radius 1 is 1.12 bits per heavy atom. The van der Waals surface area contributed by atoms with Crippen LogP contribution in [0.5, 0.6) is 0 Å². The lowest BCUT2D eigenvalue weighted by molar-refractivity contribution is 0.0950. The van der Waals surface area contributed by atoms with E-state index in [4.69, 9.17) is 5.26 Å². The summed E-state index contributed by atoms with van der Waals surface area (Å²) in [5, 5.41) is 15.2. The predicted molar refractivity (Wildman–Crippen MR) is 101 cm³/mol. The summed E-state index contributed by atoms with van der Waals surface area (Å²) in [5.74, 6) is -0.199. The average molecular weight is 342 g/mol. The number of anilines is 2. The van der Waals surface area contributed by atoms with Crippen LogP contribution in [0, 0.1) is 18.3 Å². The standard InChI is InChI=1S/C21H18N4O/c1-15-6-8-16(9-7-15)12-24-21(26)18-10-19(14-23-13-18)25-20-5-3-2-4-17(20)11-22/h2-10,13-14,25H,12H2,1H3,(H,24,26). The molecule has 1 aromatic heterocycles. The summed E-state index contributed by atoms with van der Waals surface area (Å²) in [6, 6.07) is 19.0. The first-order valence-electron chi connectivity index (χ1n) is 8.20. The Bertz CT molecular complexity index is 958. The number of aromatic nitrogens is 1. The lowest BCUT2D eigenvalue weighted by Crippen LogP contribution is -2.23. The van der Waals surface area contributed by atoms with E-state index in [-0.39, 0.29) is 5.91 Å². The minimum atomic E-state index is -0.199. The maximum atomic E-state index is 12.4. The van der Waals surface area contributed by atoms with Crippen LogP contribution in [0.25, 0.3) is 0 Å². The van der Waals surface area contributed by atoms with Gasteiger partial charge in [0.2, 0.25) is 0 Å². The molecule has 0 aliphatic rings. The van der Waals surface area contributed by atoms with Gasteiger partial charge >= 0.3 is 0 Å². The zero-order chi connectivity index (χ0) is 18.4. The molecule has 0 fully saturated rings. The summed E-state index contributed by atoms with van der Waals surface area (Å²) >= 11 is 0. The third-order valence-electron chi connectivity index (χ3n) is 3.90. The molecule has 1 heterocycles. The molecule has 2 N–H and O–H groups in total. The number of aryl methyl sites for hydroxylation is 1. The molecular weight excluding hydrogens is 324 g/mol. The quantitative estimate of drug-likeness (QED) is 0.736. The number of rotatable bonds is 5. The van der Waals surface area contributed by atoms with Gasteiger partial charge in [-0.15, -0.1) is 0 Å². The van der Waals surface area contributed by atoms with Crippen LogP contribution in [0.3, 0.4) is 0 Å². The van der Waals surface area contributed by atoms with E-state index in [1.54, 1.807) is 24.4 Å². The van der Waals surface area contributed by atoms with Gasteiger partial charge in [-0.3, -0.25) is 9.78 Å². The maximum Gasteiger partial charge on any atom is 0.253 e. The van der Waals surface area contributed by atoms with Crippen molar-refractivity contribution in [2.45, 2.75) is 13.5 Å². The minimum absolute atomic E-state index is 0.199. The van der Waals surface area contributed by atoms with E-state index in [9.17, 15) is 4.79 Å². The summed E-state index contributed by atoms with van der Waals surface area (Å²) < 4.78 is 0. The number of pyridine rings is 1. The van der Waals surface area contributed by atoms with Crippen LogP contribution in [0.15, 0.2) is 67.0 Å². The van der Waals surface area contributed by atoms with Gasteiger partial charge in [0, 0.05) is 12.7 Å². The van der Waals surface area contributed by atoms with Crippen LogP contribution in [0.4, 0.5) is 11.4 Å². The van der Waals surface area contributed by atoms with Crippen molar-refractivity contribution < 1.29 is 4.79 Å². The Hall–Kier alpha value is -3.65. The zero-order valence-corrected chi connectivity index (χ0v) is 14.4. The number of carbonyl (C=O) groups excluding carboxylic acids is 1. The smallest absolute Gasteiger partial charge is 0.253 e. The first-order chi connectivity index (χ1) is 12.7. The van der Waals surface area contributed by atoms with E-state index >= 15 is 0 Å². The predicted octanol–water partition coefficient (Wildman–Crippen LogP) is 3.94. The molecule has 2 aromatic carbocycles. The summed E-state index contributed by atoms with van der Waals surface area (Å²) in [5.41, 5.74) is 4.53. The van der Waals surface area contributed by atoms with Crippen LogP contribution < -0.4 is 10.6 Å². The molecule has 26 heavy (non-hydrogen) atoms. The summed E-state index contributed by atoms with van der Waals surface area (Å²) in [4.78, 5) is 16.5. The molecule has 0 atom stereocenters. The molecule has 3 rings (SSSR count). The number of hydrogen-bond acceptors (Lipinski definition) is 4. The topological polar surface area (TPSA) is 77.8 Å². The lowest BCUT2D eigenvalue weighted by Gasteiger charge is -2.10. The van der Waals surface area contributed by atoms with Crippen LogP contribution in [0.1, 0.15) is 27.0 Å². The molecule has 5 nitrogen and oxygen atoms in total. The van der Waals surface area contributed by atoms with Crippen molar-refractivity contribution in [2.24, 2.45) is 0 Å². The van der Waals surface area contributed by atoms with Crippen molar-refractivity contribution in [3.63, 3.8) is 0 Å². The van der Waals surface area contributed by atoms with Crippen molar-refractivity contribution in [3.8, 4) is 6.07 Å².